The van der Waals surface area contributed by atoms with Gasteiger partial charge in [0.25, 0.3) is 5.56 Å². The molecule has 2 rings (SSSR count). The van der Waals surface area contributed by atoms with E-state index in [1.165, 1.54) is 10.6 Å². The van der Waals surface area contributed by atoms with E-state index in [1.54, 1.807) is 18.5 Å². The molecule has 6 heteroatoms. The molecule has 0 saturated heterocycles. The third-order valence-corrected chi connectivity index (χ3v) is 2.70. The van der Waals surface area contributed by atoms with Crippen LogP contribution in [0.3, 0.4) is 0 Å². The molecule has 0 unspecified atom stereocenters. The van der Waals surface area contributed by atoms with Gasteiger partial charge in [0.1, 0.15) is 11.4 Å². The van der Waals surface area contributed by atoms with E-state index in [0.29, 0.717) is 0 Å². The Bertz CT molecular complexity index is 627. The maximum Gasteiger partial charge on any atom is 0.341 e. The number of aromatic carboxylic acids is 1. The lowest BCUT2D eigenvalue weighted by Crippen LogP contribution is -2.27. The van der Waals surface area contributed by atoms with Crippen molar-refractivity contribution in [3.8, 4) is 0 Å². The molecular weight excluding hydrogens is 234 g/mol. The van der Waals surface area contributed by atoms with Crippen LogP contribution in [-0.2, 0) is 13.1 Å². The largest absolute Gasteiger partial charge is 0.477 e. The third-order valence-electron chi connectivity index (χ3n) is 2.70. The van der Waals surface area contributed by atoms with Gasteiger partial charge in [-0.2, -0.15) is 0 Å². The molecular formula is C12H13N3O3. The molecule has 94 valence electrons. The Labute approximate surface area is 103 Å². The Kier molecular flexibility index (Phi) is 3.27. The number of imidazole rings is 1. The smallest absolute Gasteiger partial charge is 0.341 e. The summed E-state index contributed by atoms with van der Waals surface area (Å²) >= 11 is 0. The summed E-state index contributed by atoms with van der Waals surface area (Å²) in [5.74, 6) is -0.490. The lowest BCUT2D eigenvalue weighted by molar-refractivity contribution is 0.0694. The molecule has 2 aromatic heterocycles. The van der Waals surface area contributed by atoms with Crippen molar-refractivity contribution >= 4 is 5.97 Å². The average Bonchev–Trinajstić information content (AvgIpc) is 2.78. The topological polar surface area (TPSA) is 77.1 Å². The van der Waals surface area contributed by atoms with Gasteiger partial charge < -0.3 is 14.2 Å². The van der Waals surface area contributed by atoms with Crippen molar-refractivity contribution in [2.45, 2.75) is 20.0 Å². The molecule has 18 heavy (non-hydrogen) atoms. The van der Waals surface area contributed by atoms with Crippen molar-refractivity contribution < 1.29 is 9.90 Å². The molecule has 0 atom stereocenters. The van der Waals surface area contributed by atoms with Crippen molar-refractivity contribution in [1.29, 1.82) is 0 Å². The maximum atomic E-state index is 11.9. The lowest BCUT2D eigenvalue weighted by atomic mass is 10.3. The fraction of sp³-hybridized carbons (Fsp3) is 0.250. The Hall–Kier alpha value is -2.37. The molecule has 0 amide bonds. The molecule has 2 heterocycles. The highest BCUT2D eigenvalue weighted by Gasteiger charge is 2.11. The van der Waals surface area contributed by atoms with Gasteiger partial charge in [0.2, 0.25) is 0 Å². The molecule has 6 nitrogen and oxygen atoms in total. The summed E-state index contributed by atoms with van der Waals surface area (Å²) in [4.78, 5) is 26.9. The van der Waals surface area contributed by atoms with Gasteiger partial charge in [0, 0.05) is 25.1 Å². The van der Waals surface area contributed by atoms with E-state index in [1.807, 2.05) is 17.7 Å². The highest BCUT2D eigenvalue weighted by Crippen LogP contribution is 2.00. The van der Waals surface area contributed by atoms with Gasteiger partial charge in [0.15, 0.2) is 0 Å². The fourth-order valence-corrected chi connectivity index (χ4v) is 1.76. The number of hydrogen-bond donors (Lipinski definition) is 1. The molecule has 0 aliphatic carbocycles. The summed E-state index contributed by atoms with van der Waals surface area (Å²) in [5.41, 5.74) is -0.747. The van der Waals surface area contributed by atoms with Crippen molar-refractivity contribution in [3.05, 3.63) is 52.5 Å². The van der Waals surface area contributed by atoms with Crippen LogP contribution < -0.4 is 5.56 Å². The van der Waals surface area contributed by atoms with Gasteiger partial charge in [-0.15, -0.1) is 0 Å². The number of aryl methyl sites for hydroxylation is 1. The molecule has 0 saturated carbocycles. The van der Waals surface area contributed by atoms with Crippen LogP contribution in [0.4, 0.5) is 0 Å². The van der Waals surface area contributed by atoms with Crippen LogP contribution in [0.5, 0.6) is 0 Å². The zero-order valence-electron chi connectivity index (χ0n) is 9.91. The molecule has 0 spiro atoms. The van der Waals surface area contributed by atoms with Gasteiger partial charge in [0.05, 0.1) is 6.54 Å². The Morgan fingerprint density at radius 1 is 1.39 bits per heavy atom. The van der Waals surface area contributed by atoms with Gasteiger partial charge in [-0.05, 0) is 19.1 Å². The normalized spacial score (nSPS) is 10.5. The minimum atomic E-state index is -1.21. The molecule has 1 N–H and O–H groups in total. The average molecular weight is 247 g/mol. The van der Waals surface area contributed by atoms with Crippen molar-refractivity contribution in [2.75, 3.05) is 0 Å². The third kappa shape index (κ3) is 2.17. The van der Waals surface area contributed by atoms with Crippen LogP contribution >= 0.6 is 0 Å². The SMILES string of the molecule is CCn1ccnc1Cn1cccc(C(=O)O)c1=O. The minimum absolute atomic E-state index is 0.230. The van der Waals surface area contributed by atoms with Crippen molar-refractivity contribution in [1.82, 2.24) is 14.1 Å². The molecule has 0 aromatic carbocycles. The highest BCUT2D eigenvalue weighted by molar-refractivity contribution is 5.86. The molecule has 0 radical (unpaired) electrons. The van der Waals surface area contributed by atoms with E-state index >= 15 is 0 Å². The van der Waals surface area contributed by atoms with E-state index in [2.05, 4.69) is 4.98 Å². The number of hydrogen-bond acceptors (Lipinski definition) is 3. The predicted molar refractivity (Wildman–Crippen MR) is 64.7 cm³/mol. The quantitative estimate of drug-likeness (QED) is 0.867. The summed E-state index contributed by atoms with van der Waals surface area (Å²) in [5, 5.41) is 8.88. The second kappa shape index (κ2) is 4.87. The number of rotatable bonds is 4. The number of carboxylic acid groups (broad SMARTS) is 1. The molecule has 0 fully saturated rings. The number of aromatic nitrogens is 3. The summed E-state index contributed by atoms with van der Waals surface area (Å²) in [6.07, 6.45) is 5.04. The Balaban J connectivity index is 2.39. The van der Waals surface area contributed by atoms with Gasteiger partial charge in [-0.1, -0.05) is 0 Å². The monoisotopic (exact) mass is 247 g/mol. The second-order valence-electron chi connectivity index (χ2n) is 3.79. The Morgan fingerprint density at radius 3 is 2.83 bits per heavy atom. The Morgan fingerprint density at radius 2 is 2.17 bits per heavy atom. The zero-order chi connectivity index (χ0) is 13.1. The van der Waals surface area contributed by atoms with Crippen molar-refractivity contribution in [2.24, 2.45) is 0 Å². The van der Waals surface area contributed by atoms with Crippen LogP contribution in [0.15, 0.2) is 35.5 Å². The van der Waals surface area contributed by atoms with Crippen LogP contribution in [0.25, 0.3) is 0 Å². The van der Waals surface area contributed by atoms with Crippen LogP contribution in [-0.4, -0.2) is 25.2 Å². The lowest BCUT2D eigenvalue weighted by Gasteiger charge is -2.07. The fourth-order valence-electron chi connectivity index (χ4n) is 1.76. The summed E-state index contributed by atoms with van der Waals surface area (Å²) in [6, 6.07) is 2.84. The molecule has 2 aromatic rings. The maximum absolute atomic E-state index is 11.9. The number of pyridine rings is 1. The first-order valence-electron chi connectivity index (χ1n) is 5.56. The highest BCUT2D eigenvalue weighted by atomic mass is 16.4. The summed E-state index contributed by atoms with van der Waals surface area (Å²) in [7, 11) is 0. The first-order valence-corrected chi connectivity index (χ1v) is 5.56. The standard InChI is InChI=1S/C12H13N3O3/c1-2-14-7-5-13-10(14)8-15-6-3-4-9(11(15)16)12(17)18/h3-7H,2,8H2,1H3,(H,17,18). The van der Waals surface area contributed by atoms with Crippen molar-refractivity contribution in [3.63, 3.8) is 0 Å². The van der Waals surface area contributed by atoms with Crippen LogP contribution in [0, 0.1) is 0 Å². The van der Waals surface area contributed by atoms with E-state index in [-0.39, 0.29) is 12.1 Å². The first kappa shape index (κ1) is 12.1. The first-order chi connectivity index (χ1) is 8.63. The zero-order valence-corrected chi connectivity index (χ0v) is 9.91. The summed E-state index contributed by atoms with van der Waals surface area (Å²) < 4.78 is 3.25. The van der Waals surface area contributed by atoms with E-state index < -0.39 is 11.5 Å². The van der Waals surface area contributed by atoms with E-state index in [4.69, 9.17) is 5.11 Å². The number of nitrogens with zero attached hydrogens (tertiary/aromatic N) is 3. The molecule has 0 aliphatic rings. The van der Waals surface area contributed by atoms with Gasteiger partial charge in [-0.25, -0.2) is 9.78 Å². The molecule has 0 bridgehead atoms. The van der Waals surface area contributed by atoms with E-state index in [9.17, 15) is 9.59 Å². The number of carboxylic acids is 1. The summed E-state index contributed by atoms with van der Waals surface area (Å²) in [6.45, 7) is 2.99. The number of carbonyl (C=O) groups is 1. The predicted octanol–water partition coefficient (Wildman–Crippen LogP) is 0.811. The van der Waals surface area contributed by atoms with Gasteiger partial charge in [-0.3, -0.25) is 4.79 Å². The van der Waals surface area contributed by atoms with Crippen LogP contribution in [0.2, 0.25) is 0 Å². The molecule has 0 aliphatic heterocycles. The minimum Gasteiger partial charge on any atom is -0.477 e. The second-order valence-corrected chi connectivity index (χ2v) is 3.79. The van der Waals surface area contributed by atoms with Crippen LogP contribution in [0.1, 0.15) is 23.1 Å². The van der Waals surface area contributed by atoms with Gasteiger partial charge >= 0.3 is 5.97 Å². The van der Waals surface area contributed by atoms with E-state index in [0.717, 1.165) is 12.4 Å².